The van der Waals surface area contributed by atoms with Crippen LogP contribution in [-0.2, 0) is 0 Å². The normalized spacial score (nSPS) is 8.25. The van der Waals surface area contributed by atoms with Gasteiger partial charge in [-0.3, -0.25) is 0 Å². The van der Waals surface area contributed by atoms with Crippen molar-refractivity contribution in [3.05, 3.63) is 0 Å². The molecule has 0 aromatic carbocycles. The van der Waals surface area contributed by atoms with Gasteiger partial charge in [-0.05, 0) is 51.4 Å². The van der Waals surface area contributed by atoms with E-state index in [-0.39, 0.29) is 132 Å². The van der Waals surface area contributed by atoms with Crippen LogP contribution in [0.25, 0.3) is 0 Å². The molecule has 0 bridgehead atoms. The molecule has 0 aliphatic rings. The van der Waals surface area contributed by atoms with Gasteiger partial charge < -0.3 is 102 Å². The average Bonchev–Trinajstić information content (AvgIpc) is 3.15. The number of unbranched alkanes of at least 4 members (excludes halogenated alkanes) is 4. The number of aliphatic hydroxyl groups excluding tert-OH is 20. The minimum absolute atomic E-state index is 0.125. The molecule has 0 spiro atoms. The van der Waals surface area contributed by atoms with Crippen molar-refractivity contribution >= 4 is 0 Å². The highest BCUT2D eigenvalue weighted by Crippen LogP contribution is 1.82. The molecular weight excluding hydrogens is 656 g/mol. The molecule has 20 N–H and O–H groups in total. The summed E-state index contributed by atoms with van der Waals surface area (Å²) in [6, 6.07) is 0. The van der Waals surface area contributed by atoms with Crippen molar-refractivity contribution in [3.8, 4) is 0 Å². The molecule has 0 rings (SSSR count). The monoisotopic (exact) mass is 732 g/mol. The highest BCUT2D eigenvalue weighted by atomic mass is 16.3. The fourth-order valence-electron chi connectivity index (χ4n) is 0.894. The molecule has 0 atom stereocenters. The van der Waals surface area contributed by atoms with E-state index in [9.17, 15) is 0 Å². The molecule has 0 aliphatic heterocycles. The number of hydrogen-bond acceptors (Lipinski definition) is 20. The maximum Gasteiger partial charge on any atom is 0.0662 e. The van der Waals surface area contributed by atoms with E-state index in [0.29, 0.717) is 0 Å². The van der Waals surface area contributed by atoms with E-state index < -0.39 is 0 Å². The first-order valence-corrected chi connectivity index (χ1v) is 15.3. The third kappa shape index (κ3) is 298. The third-order valence-electron chi connectivity index (χ3n) is 2.86. The zero-order valence-electron chi connectivity index (χ0n) is 28.7. The Kier molecular flexibility index (Phi) is 193. The van der Waals surface area contributed by atoms with Gasteiger partial charge >= 0.3 is 0 Å². The Morgan fingerprint density at radius 3 is 0.188 bits per heavy atom. The number of hydrogen-bond donors (Lipinski definition) is 20. The van der Waals surface area contributed by atoms with Crippen molar-refractivity contribution in [1.82, 2.24) is 0 Å². The molecule has 48 heavy (non-hydrogen) atoms. The van der Waals surface area contributed by atoms with E-state index >= 15 is 0 Å². The van der Waals surface area contributed by atoms with Crippen molar-refractivity contribution in [1.29, 1.82) is 0 Å². The Morgan fingerprint density at radius 2 is 0.167 bits per heavy atom. The first-order valence-electron chi connectivity index (χ1n) is 15.3. The second-order valence-electron chi connectivity index (χ2n) is 7.30. The summed E-state index contributed by atoms with van der Waals surface area (Å²) in [7, 11) is 0. The molecule has 20 nitrogen and oxygen atoms in total. The molecule has 0 fully saturated rings. The van der Waals surface area contributed by atoms with Gasteiger partial charge in [0.2, 0.25) is 0 Å². The predicted octanol–water partition coefficient (Wildman–Crippen LogP) is -7.17. The summed E-state index contributed by atoms with van der Waals surface area (Å²) in [5.41, 5.74) is 0. The second kappa shape index (κ2) is 128. The van der Waals surface area contributed by atoms with Gasteiger partial charge in [0.25, 0.3) is 0 Å². The van der Waals surface area contributed by atoms with E-state index in [0.717, 1.165) is 51.4 Å². The van der Waals surface area contributed by atoms with Crippen LogP contribution in [0, 0.1) is 0 Å². The summed E-state index contributed by atoms with van der Waals surface area (Å²) in [5, 5.41) is 156. The minimum atomic E-state index is -0.125. The van der Waals surface area contributed by atoms with Gasteiger partial charge in [0.15, 0.2) is 0 Å². The lowest BCUT2D eigenvalue weighted by atomic mass is 10.3. The quantitative estimate of drug-likeness (QED) is 0.0582. The standard InChI is InChI=1S/4C4H10O2.6C2H6O2/c4*5-3-1-2-4-6;6*3-1-2-4/h4*5-6H,1-4H2;6*3-4H,1-2H2. The van der Waals surface area contributed by atoms with Crippen LogP contribution in [0.15, 0.2) is 0 Å². The zero-order valence-corrected chi connectivity index (χ0v) is 28.7. The van der Waals surface area contributed by atoms with E-state index in [1.54, 1.807) is 0 Å². The molecule has 308 valence electrons. The summed E-state index contributed by atoms with van der Waals surface area (Å²) in [6.07, 6.45) is 5.75. The zero-order chi connectivity index (χ0) is 39.8. The van der Waals surface area contributed by atoms with Crippen LogP contribution in [0.3, 0.4) is 0 Å². The summed E-state index contributed by atoms with van der Waals surface area (Å²) < 4.78 is 0. The molecule has 0 aromatic heterocycles. The van der Waals surface area contributed by atoms with Crippen molar-refractivity contribution in [2.24, 2.45) is 0 Å². The van der Waals surface area contributed by atoms with Crippen LogP contribution in [0.2, 0.25) is 0 Å². The summed E-state index contributed by atoms with van der Waals surface area (Å²) in [6.45, 7) is 0.0600. The summed E-state index contributed by atoms with van der Waals surface area (Å²) in [5.74, 6) is 0. The average molecular weight is 733 g/mol. The van der Waals surface area contributed by atoms with Crippen LogP contribution in [-0.4, -0.2) is 234 Å². The lowest BCUT2D eigenvalue weighted by Crippen LogP contribution is -1.85. The van der Waals surface area contributed by atoms with Crippen LogP contribution in [0.4, 0.5) is 0 Å². The Hall–Kier alpha value is -0.800. The van der Waals surface area contributed by atoms with E-state index in [1.807, 2.05) is 0 Å². The molecule has 0 amide bonds. The maximum atomic E-state index is 8.09. The smallest absolute Gasteiger partial charge is 0.0662 e. The first-order chi connectivity index (χ1) is 23.1. The largest absolute Gasteiger partial charge is 0.396 e. The van der Waals surface area contributed by atoms with Gasteiger partial charge in [0.05, 0.1) is 79.3 Å². The topological polar surface area (TPSA) is 405 Å². The molecule has 0 aliphatic carbocycles. The van der Waals surface area contributed by atoms with Crippen molar-refractivity contribution < 1.29 is 102 Å². The Labute approximate surface area is 286 Å². The Balaban J connectivity index is -0.0000000421. The van der Waals surface area contributed by atoms with Gasteiger partial charge in [-0.25, -0.2) is 0 Å². The second-order valence-corrected chi connectivity index (χ2v) is 7.30. The first kappa shape index (κ1) is 72.8. The van der Waals surface area contributed by atoms with Gasteiger partial charge in [-0.15, -0.1) is 0 Å². The van der Waals surface area contributed by atoms with Crippen LogP contribution in [0.1, 0.15) is 51.4 Å². The fourth-order valence-corrected chi connectivity index (χ4v) is 0.894. The lowest BCUT2D eigenvalue weighted by molar-refractivity contribution is 0.186. The molecule has 0 saturated carbocycles. The van der Waals surface area contributed by atoms with E-state index in [4.69, 9.17) is 102 Å². The molecule has 0 unspecified atom stereocenters. The van der Waals surface area contributed by atoms with Crippen LogP contribution >= 0.6 is 0 Å². The van der Waals surface area contributed by atoms with E-state index in [2.05, 4.69) is 0 Å². The SMILES string of the molecule is OCCCCO.OCCCCO.OCCCCO.OCCCCO.OCCO.OCCO.OCCO.OCCO.OCCO.OCCO. The summed E-state index contributed by atoms with van der Waals surface area (Å²) in [4.78, 5) is 0. The molecule has 0 aromatic rings. The molecule has 0 radical (unpaired) electrons. The number of rotatable bonds is 18. The molecule has 0 heterocycles. The van der Waals surface area contributed by atoms with Gasteiger partial charge in [0.1, 0.15) is 0 Å². The van der Waals surface area contributed by atoms with Crippen LogP contribution in [0.5, 0.6) is 0 Å². The van der Waals surface area contributed by atoms with Gasteiger partial charge in [-0.2, -0.15) is 0 Å². The van der Waals surface area contributed by atoms with E-state index in [1.165, 1.54) is 0 Å². The Morgan fingerprint density at radius 1 is 0.104 bits per heavy atom. The van der Waals surface area contributed by atoms with Crippen molar-refractivity contribution in [2.75, 3.05) is 132 Å². The molecule has 0 saturated heterocycles. The highest BCUT2D eigenvalue weighted by Gasteiger charge is 1.79. The Bertz CT molecular complexity index is 225. The maximum absolute atomic E-state index is 8.09. The van der Waals surface area contributed by atoms with Crippen LogP contribution < -0.4 is 0 Å². The van der Waals surface area contributed by atoms with Crippen molar-refractivity contribution in [3.63, 3.8) is 0 Å². The van der Waals surface area contributed by atoms with Gasteiger partial charge in [0, 0.05) is 52.9 Å². The highest BCUT2D eigenvalue weighted by molar-refractivity contribution is 4.32. The van der Waals surface area contributed by atoms with Crippen molar-refractivity contribution in [2.45, 2.75) is 51.4 Å². The molecular formula is C28H76O20. The number of aliphatic hydroxyl groups is 20. The fraction of sp³-hybridized carbons (Fsp3) is 1.00. The predicted molar refractivity (Wildman–Crippen MR) is 179 cm³/mol. The minimum Gasteiger partial charge on any atom is -0.396 e. The third-order valence-corrected chi connectivity index (χ3v) is 2.86. The lowest BCUT2D eigenvalue weighted by Gasteiger charge is -1.85. The molecule has 20 heteroatoms. The summed E-state index contributed by atoms with van der Waals surface area (Å²) >= 11 is 0. The van der Waals surface area contributed by atoms with Gasteiger partial charge in [-0.1, -0.05) is 0 Å².